The highest BCUT2D eigenvalue weighted by molar-refractivity contribution is 5.69. The third-order valence-electron chi connectivity index (χ3n) is 7.18. The van der Waals surface area contributed by atoms with Crippen LogP contribution in [0.1, 0.15) is 78.1 Å². The summed E-state index contributed by atoms with van der Waals surface area (Å²) < 4.78 is 70.9. The van der Waals surface area contributed by atoms with Crippen LogP contribution in [0, 0.1) is 0 Å². The van der Waals surface area contributed by atoms with Crippen LogP contribution in [0.5, 0.6) is 0 Å². The Labute approximate surface area is 315 Å². The largest absolute Gasteiger partial charge is 0.463 e. The van der Waals surface area contributed by atoms with Crippen molar-refractivity contribution in [3.8, 4) is 0 Å². The van der Waals surface area contributed by atoms with Gasteiger partial charge >= 0.3 is 5.97 Å². The zero-order valence-corrected chi connectivity index (χ0v) is 33.0. The lowest BCUT2D eigenvalue weighted by atomic mass is 10.1. The minimum atomic E-state index is -0.187. The summed E-state index contributed by atoms with van der Waals surface area (Å²) in [5, 5.41) is 0. The molecule has 0 unspecified atom stereocenters. The lowest BCUT2D eigenvalue weighted by Gasteiger charge is -2.09. The first kappa shape index (κ1) is 51.0. The SMILES string of the molecule is CCCCCCCCCCOCCOCCOCCOCCOCCOCCOCCOCCOCCOCCOCCOCCOC(=O)CCC. The average Bonchev–Trinajstić information content (AvgIpc) is 3.15. The van der Waals surface area contributed by atoms with Crippen molar-refractivity contribution >= 4 is 5.97 Å². The quantitative estimate of drug-likeness (QED) is 0.0628. The van der Waals surface area contributed by atoms with E-state index < -0.39 is 0 Å². The Balaban J connectivity index is 3.06. The fourth-order valence-electron chi connectivity index (χ4n) is 4.35. The monoisotopic (exact) mass is 757 g/mol. The van der Waals surface area contributed by atoms with Gasteiger partial charge in [-0.2, -0.15) is 0 Å². The van der Waals surface area contributed by atoms with Crippen LogP contribution in [-0.4, -0.2) is 171 Å². The van der Waals surface area contributed by atoms with E-state index in [1.807, 2.05) is 6.92 Å². The molecule has 14 heteroatoms. The highest BCUT2D eigenvalue weighted by atomic mass is 16.6. The molecule has 0 saturated heterocycles. The summed E-state index contributed by atoms with van der Waals surface area (Å²) in [5.74, 6) is -0.187. The average molecular weight is 757 g/mol. The molecular weight excluding hydrogens is 680 g/mol. The molecule has 0 spiro atoms. The van der Waals surface area contributed by atoms with E-state index in [4.69, 9.17) is 61.6 Å². The van der Waals surface area contributed by atoms with Gasteiger partial charge in [-0.05, 0) is 12.8 Å². The molecule has 0 bridgehead atoms. The highest BCUT2D eigenvalue weighted by Crippen LogP contribution is 2.08. The Hall–Kier alpha value is -1.01. The molecule has 0 aliphatic heterocycles. The van der Waals surface area contributed by atoms with Gasteiger partial charge < -0.3 is 61.6 Å². The fraction of sp³-hybridized carbons (Fsp3) is 0.974. The van der Waals surface area contributed by atoms with E-state index in [-0.39, 0.29) is 12.6 Å². The maximum Gasteiger partial charge on any atom is 0.305 e. The van der Waals surface area contributed by atoms with Crippen LogP contribution in [-0.2, 0) is 66.4 Å². The van der Waals surface area contributed by atoms with Crippen LogP contribution in [0.15, 0.2) is 0 Å². The zero-order chi connectivity index (χ0) is 37.5. The smallest absolute Gasteiger partial charge is 0.305 e. The maximum atomic E-state index is 11.2. The van der Waals surface area contributed by atoms with Gasteiger partial charge in [0.2, 0.25) is 0 Å². The van der Waals surface area contributed by atoms with Crippen molar-refractivity contribution in [1.82, 2.24) is 0 Å². The van der Waals surface area contributed by atoms with Gasteiger partial charge in [0, 0.05) is 13.0 Å². The van der Waals surface area contributed by atoms with Crippen LogP contribution in [0.4, 0.5) is 0 Å². The van der Waals surface area contributed by atoms with Crippen LogP contribution in [0.25, 0.3) is 0 Å². The first-order valence-corrected chi connectivity index (χ1v) is 19.9. The van der Waals surface area contributed by atoms with Crippen LogP contribution < -0.4 is 0 Å². The van der Waals surface area contributed by atoms with Crippen molar-refractivity contribution < 1.29 is 66.4 Å². The normalized spacial score (nSPS) is 11.5. The summed E-state index contributed by atoms with van der Waals surface area (Å²) >= 11 is 0. The molecule has 14 nitrogen and oxygen atoms in total. The second-order valence-corrected chi connectivity index (χ2v) is 11.8. The number of unbranched alkanes of at least 4 members (excludes halogenated alkanes) is 7. The molecule has 52 heavy (non-hydrogen) atoms. The topological polar surface area (TPSA) is 137 Å². The standard InChI is InChI=1S/C38H76O14/c1-3-5-6-7-8-9-10-11-13-40-14-15-41-16-17-42-18-19-43-20-21-44-22-23-45-24-25-46-26-27-47-28-29-48-30-31-49-32-33-50-34-35-51-36-37-52-38(39)12-4-2/h3-37H2,1-2H3. The van der Waals surface area contributed by atoms with Gasteiger partial charge in [0.25, 0.3) is 0 Å². The molecule has 312 valence electrons. The molecule has 0 aromatic rings. The Morgan fingerprint density at radius 1 is 0.269 bits per heavy atom. The van der Waals surface area contributed by atoms with E-state index in [2.05, 4.69) is 6.92 Å². The van der Waals surface area contributed by atoms with Crippen molar-refractivity contribution in [2.45, 2.75) is 78.1 Å². The molecule has 0 aromatic heterocycles. The van der Waals surface area contributed by atoms with E-state index in [9.17, 15) is 4.79 Å². The number of carbonyl (C=O) groups excluding carboxylic acids is 1. The molecule has 0 heterocycles. The van der Waals surface area contributed by atoms with Gasteiger partial charge in [-0.25, -0.2) is 0 Å². The summed E-state index contributed by atoms with van der Waals surface area (Å²) in [6.07, 6.45) is 11.7. The third kappa shape index (κ3) is 47.0. The Bertz CT molecular complexity index is 661. The second-order valence-electron chi connectivity index (χ2n) is 11.8. The van der Waals surface area contributed by atoms with Crippen molar-refractivity contribution in [2.24, 2.45) is 0 Å². The van der Waals surface area contributed by atoms with E-state index in [1.54, 1.807) is 0 Å². The highest BCUT2D eigenvalue weighted by Gasteiger charge is 2.00. The van der Waals surface area contributed by atoms with E-state index in [0.29, 0.717) is 158 Å². The predicted molar refractivity (Wildman–Crippen MR) is 198 cm³/mol. The Morgan fingerprint density at radius 2 is 0.500 bits per heavy atom. The van der Waals surface area contributed by atoms with Crippen molar-refractivity contribution in [2.75, 3.05) is 165 Å². The number of ether oxygens (including phenoxy) is 13. The summed E-state index contributed by atoms with van der Waals surface area (Å²) in [7, 11) is 0. The first-order valence-electron chi connectivity index (χ1n) is 19.9. The van der Waals surface area contributed by atoms with Crippen LogP contribution >= 0.6 is 0 Å². The van der Waals surface area contributed by atoms with Crippen molar-refractivity contribution in [1.29, 1.82) is 0 Å². The first-order chi connectivity index (χ1) is 25.8. The molecule has 0 aliphatic carbocycles. The summed E-state index contributed by atoms with van der Waals surface area (Å²) in [5.41, 5.74) is 0. The van der Waals surface area contributed by atoms with Gasteiger partial charge in [-0.3, -0.25) is 4.79 Å². The molecule has 0 rings (SSSR count). The number of esters is 1. The molecule has 0 radical (unpaired) electrons. The van der Waals surface area contributed by atoms with E-state index in [0.717, 1.165) is 19.4 Å². The third-order valence-corrected chi connectivity index (χ3v) is 7.18. The van der Waals surface area contributed by atoms with Crippen LogP contribution in [0.3, 0.4) is 0 Å². The molecule has 0 N–H and O–H groups in total. The predicted octanol–water partition coefficient (Wildman–Crippen LogP) is 4.67. The molecule has 0 saturated carbocycles. The maximum absolute atomic E-state index is 11.2. The molecular formula is C38H76O14. The number of hydrogen-bond acceptors (Lipinski definition) is 14. The molecule has 0 aliphatic rings. The van der Waals surface area contributed by atoms with Crippen LogP contribution in [0.2, 0.25) is 0 Å². The number of carbonyl (C=O) groups is 1. The Kier molecular flexibility index (Phi) is 47.1. The number of rotatable bonds is 47. The van der Waals surface area contributed by atoms with Gasteiger partial charge in [0.1, 0.15) is 6.61 Å². The molecule has 0 fully saturated rings. The lowest BCUT2D eigenvalue weighted by Crippen LogP contribution is -2.15. The molecule has 0 aromatic carbocycles. The fourth-order valence-corrected chi connectivity index (χ4v) is 4.35. The summed E-state index contributed by atoms with van der Waals surface area (Å²) in [6.45, 7) is 17.1. The van der Waals surface area contributed by atoms with E-state index in [1.165, 1.54) is 44.9 Å². The minimum Gasteiger partial charge on any atom is -0.463 e. The van der Waals surface area contributed by atoms with Gasteiger partial charge in [0.15, 0.2) is 0 Å². The lowest BCUT2D eigenvalue weighted by molar-refractivity contribution is -0.145. The minimum absolute atomic E-state index is 0.187. The van der Waals surface area contributed by atoms with Crippen molar-refractivity contribution in [3.63, 3.8) is 0 Å². The zero-order valence-electron chi connectivity index (χ0n) is 33.0. The second kappa shape index (κ2) is 48.0. The molecule has 0 amide bonds. The summed E-state index contributed by atoms with van der Waals surface area (Å²) in [4.78, 5) is 11.2. The molecule has 0 atom stereocenters. The van der Waals surface area contributed by atoms with E-state index >= 15 is 0 Å². The van der Waals surface area contributed by atoms with Gasteiger partial charge in [0.05, 0.1) is 152 Å². The Morgan fingerprint density at radius 3 is 0.769 bits per heavy atom. The number of hydrogen-bond donors (Lipinski definition) is 0. The summed E-state index contributed by atoms with van der Waals surface area (Å²) in [6, 6.07) is 0. The van der Waals surface area contributed by atoms with Gasteiger partial charge in [-0.15, -0.1) is 0 Å². The van der Waals surface area contributed by atoms with Gasteiger partial charge in [-0.1, -0.05) is 58.8 Å². The van der Waals surface area contributed by atoms with Crippen molar-refractivity contribution in [3.05, 3.63) is 0 Å².